The number of hydrogen-bond donors (Lipinski definition) is 1. The van der Waals surface area contributed by atoms with Crippen LogP contribution in [0.1, 0.15) is 28.8 Å². The molecule has 0 unspecified atom stereocenters. The molecule has 30 heavy (non-hydrogen) atoms. The number of rotatable bonds is 6. The number of imide groups is 1. The van der Waals surface area contributed by atoms with E-state index in [2.05, 4.69) is 15.5 Å². The second kappa shape index (κ2) is 8.72. The van der Waals surface area contributed by atoms with Gasteiger partial charge in [0.2, 0.25) is 16.9 Å². The van der Waals surface area contributed by atoms with Gasteiger partial charge in [0.05, 0.1) is 5.69 Å². The van der Waals surface area contributed by atoms with E-state index in [1.54, 1.807) is 36.4 Å². The summed E-state index contributed by atoms with van der Waals surface area (Å²) in [4.78, 5) is 37.2. The minimum atomic E-state index is -0.369. The Morgan fingerprint density at radius 2 is 1.70 bits per heavy atom. The Labute approximate surface area is 179 Å². The van der Waals surface area contributed by atoms with E-state index in [1.807, 2.05) is 0 Å². The van der Waals surface area contributed by atoms with Crippen LogP contribution in [0.5, 0.6) is 0 Å². The van der Waals surface area contributed by atoms with Crippen LogP contribution in [0.4, 0.5) is 15.2 Å². The molecule has 1 aliphatic rings. The van der Waals surface area contributed by atoms with Crippen LogP contribution < -0.4 is 10.2 Å². The summed E-state index contributed by atoms with van der Waals surface area (Å²) in [5, 5.41) is 11.0. The van der Waals surface area contributed by atoms with E-state index in [9.17, 15) is 18.8 Å². The Balaban J connectivity index is 1.35. The van der Waals surface area contributed by atoms with Crippen LogP contribution in [0.25, 0.3) is 0 Å². The molecule has 1 fully saturated rings. The quantitative estimate of drug-likeness (QED) is 0.354. The summed E-state index contributed by atoms with van der Waals surface area (Å²) < 4.78 is 13.6. The first kappa shape index (κ1) is 20.2. The maximum absolute atomic E-state index is 13.0. The summed E-state index contributed by atoms with van der Waals surface area (Å²) in [5.41, 5.74) is 1.78. The van der Waals surface area contributed by atoms with Crippen molar-refractivity contribution in [3.63, 3.8) is 0 Å². The number of anilines is 2. The number of carbonyl (C=O) groups is 3. The zero-order valence-electron chi connectivity index (χ0n) is 15.5. The highest BCUT2D eigenvalue weighted by Crippen LogP contribution is 2.29. The standard InChI is InChI=1S/C20H15FN4O3S2/c21-14-5-1-12(2-6-14)11-29-20-24-23-19(30-20)22-18(28)13-3-7-15(8-4-13)25-16(26)9-10-17(25)27/h1-8H,9-11H2,(H,22,23,28). The van der Waals surface area contributed by atoms with Crippen LogP contribution in [0.2, 0.25) is 0 Å². The zero-order valence-corrected chi connectivity index (χ0v) is 17.1. The van der Waals surface area contributed by atoms with Crippen LogP contribution in [0.15, 0.2) is 52.9 Å². The highest BCUT2D eigenvalue weighted by atomic mass is 32.2. The van der Waals surface area contributed by atoms with Gasteiger partial charge >= 0.3 is 0 Å². The maximum atomic E-state index is 13.0. The normalized spacial score (nSPS) is 13.7. The smallest absolute Gasteiger partial charge is 0.257 e. The van der Waals surface area contributed by atoms with Crippen LogP contribution >= 0.6 is 23.1 Å². The molecule has 1 saturated heterocycles. The van der Waals surface area contributed by atoms with E-state index in [0.29, 0.717) is 26.5 Å². The lowest BCUT2D eigenvalue weighted by molar-refractivity contribution is -0.121. The summed E-state index contributed by atoms with van der Waals surface area (Å²) in [5.74, 6) is -0.519. The van der Waals surface area contributed by atoms with E-state index in [-0.39, 0.29) is 36.4 Å². The van der Waals surface area contributed by atoms with Crippen molar-refractivity contribution in [1.82, 2.24) is 10.2 Å². The number of benzene rings is 2. The number of hydrogen-bond acceptors (Lipinski definition) is 7. The van der Waals surface area contributed by atoms with Crippen molar-refractivity contribution >= 4 is 51.6 Å². The average molecular weight is 442 g/mol. The Morgan fingerprint density at radius 3 is 2.37 bits per heavy atom. The summed E-state index contributed by atoms with van der Waals surface area (Å²) >= 11 is 2.68. The Morgan fingerprint density at radius 1 is 1.03 bits per heavy atom. The van der Waals surface area contributed by atoms with Gasteiger partial charge in [0.15, 0.2) is 4.34 Å². The number of nitrogens with one attached hydrogen (secondary N) is 1. The lowest BCUT2D eigenvalue weighted by atomic mass is 10.2. The molecule has 0 atom stereocenters. The number of amides is 3. The molecule has 152 valence electrons. The molecule has 1 aromatic heterocycles. The summed E-state index contributed by atoms with van der Waals surface area (Å²) in [6, 6.07) is 12.5. The van der Waals surface area contributed by atoms with Gasteiger partial charge in [-0.25, -0.2) is 4.39 Å². The fourth-order valence-electron chi connectivity index (χ4n) is 2.84. The van der Waals surface area contributed by atoms with Crippen molar-refractivity contribution in [2.45, 2.75) is 22.9 Å². The maximum Gasteiger partial charge on any atom is 0.257 e. The van der Waals surface area contributed by atoms with Gasteiger partial charge in [0.1, 0.15) is 5.82 Å². The molecular weight excluding hydrogens is 427 g/mol. The van der Waals surface area contributed by atoms with Crippen LogP contribution in [-0.4, -0.2) is 27.9 Å². The minimum absolute atomic E-state index is 0.208. The minimum Gasteiger partial charge on any atom is -0.296 e. The molecule has 1 N–H and O–H groups in total. The lowest BCUT2D eigenvalue weighted by Gasteiger charge is -2.13. The van der Waals surface area contributed by atoms with E-state index >= 15 is 0 Å². The van der Waals surface area contributed by atoms with Crippen molar-refractivity contribution in [3.05, 3.63) is 65.5 Å². The SMILES string of the molecule is O=C(Nc1nnc(SCc2ccc(F)cc2)s1)c1ccc(N2C(=O)CCC2=O)cc1. The van der Waals surface area contributed by atoms with Crippen molar-refractivity contribution in [2.75, 3.05) is 10.2 Å². The van der Waals surface area contributed by atoms with Gasteiger partial charge in [-0.15, -0.1) is 10.2 Å². The highest BCUT2D eigenvalue weighted by molar-refractivity contribution is 8.00. The molecule has 4 rings (SSSR count). The predicted octanol–water partition coefficient (Wildman–Crippen LogP) is 3.88. The molecule has 10 heteroatoms. The topological polar surface area (TPSA) is 92.3 Å². The molecule has 3 amide bonds. The van der Waals surface area contributed by atoms with Crippen LogP contribution in [0.3, 0.4) is 0 Å². The van der Waals surface area contributed by atoms with E-state index < -0.39 is 0 Å². The lowest BCUT2D eigenvalue weighted by Crippen LogP contribution is -2.28. The third-order valence-electron chi connectivity index (χ3n) is 4.34. The summed E-state index contributed by atoms with van der Waals surface area (Å²) in [6.45, 7) is 0. The third kappa shape index (κ3) is 4.55. The van der Waals surface area contributed by atoms with Crippen molar-refractivity contribution < 1.29 is 18.8 Å². The number of halogens is 1. The van der Waals surface area contributed by atoms with Gasteiger partial charge in [-0.1, -0.05) is 35.2 Å². The third-order valence-corrected chi connectivity index (χ3v) is 6.38. The molecule has 2 heterocycles. The highest BCUT2D eigenvalue weighted by Gasteiger charge is 2.30. The monoisotopic (exact) mass is 442 g/mol. The first-order valence-corrected chi connectivity index (χ1v) is 10.8. The summed E-state index contributed by atoms with van der Waals surface area (Å²) in [6.07, 6.45) is 0.416. The van der Waals surface area contributed by atoms with Crippen LogP contribution in [-0.2, 0) is 15.3 Å². The number of carbonyl (C=O) groups excluding carboxylic acids is 3. The molecule has 0 radical (unpaired) electrons. The molecule has 7 nitrogen and oxygen atoms in total. The molecule has 0 aliphatic carbocycles. The van der Waals surface area contributed by atoms with E-state index in [0.717, 1.165) is 10.5 Å². The van der Waals surface area contributed by atoms with Crippen LogP contribution in [0, 0.1) is 5.82 Å². The van der Waals surface area contributed by atoms with Gasteiger partial charge in [-0.05, 0) is 42.0 Å². The molecule has 1 aliphatic heterocycles. The number of thioether (sulfide) groups is 1. The molecular formula is C20H15FN4O3S2. The average Bonchev–Trinajstić information content (AvgIpc) is 3.33. The molecule has 3 aromatic rings. The second-order valence-corrected chi connectivity index (χ2v) is 8.61. The fourth-order valence-corrected chi connectivity index (χ4v) is 4.54. The van der Waals surface area contributed by atoms with Gasteiger partial charge in [0.25, 0.3) is 5.91 Å². The number of nitrogens with zero attached hydrogens (tertiary/aromatic N) is 3. The molecule has 0 bridgehead atoms. The van der Waals surface area contributed by atoms with Crippen molar-refractivity contribution in [3.8, 4) is 0 Å². The zero-order chi connectivity index (χ0) is 21.1. The van der Waals surface area contributed by atoms with Crippen molar-refractivity contribution in [2.24, 2.45) is 0 Å². The molecule has 0 saturated carbocycles. The first-order valence-electron chi connectivity index (χ1n) is 8.97. The number of aromatic nitrogens is 2. The molecule has 2 aromatic carbocycles. The largest absolute Gasteiger partial charge is 0.296 e. The Hall–Kier alpha value is -3.11. The molecule has 0 spiro atoms. The van der Waals surface area contributed by atoms with Gasteiger partial charge < -0.3 is 0 Å². The Kier molecular flexibility index (Phi) is 5.86. The van der Waals surface area contributed by atoms with Gasteiger partial charge in [-0.3, -0.25) is 24.6 Å². The van der Waals surface area contributed by atoms with Crippen molar-refractivity contribution in [1.29, 1.82) is 0 Å². The summed E-state index contributed by atoms with van der Waals surface area (Å²) in [7, 11) is 0. The van der Waals surface area contributed by atoms with E-state index in [1.165, 1.54) is 35.2 Å². The van der Waals surface area contributed by atoms with E-state index in [4.69, 9.17) is 0 Å². The van der Waals surface area contributed by atoms with Gasteiger partial charge in [0, 0.05) is 24.2 Å². The second-order valence-electron chi connectivity index (χ2n) is 6.41. The predicted molar refractivity (Wildman–Crippen MR) is 112 cm³/mol. The van der Waals surface area contributed by atoms with Gasteiger partial charge in [-0.2, -0.15) is 0 Å². The first-order chi connectivity index (χ1) is 14.5. The Bertz CT molecular complexity index is 1080. The fraction of sp³-hybridized carbons (Fsp3) is 0.150.